The molecule has 0 aromatic rings. The van der Waals surface area contributed by atoms with E-state index in [9.17, 15) is 9.90 Å². The Morgan fingerprint density at radius 1 is 1.60 bits per heavy atom. The van der Waals surface area contributed by atoms with Gasteiger partial charge in [-0.15, -0.1) is 0 Å². The van der Waals surface area contributed by atoms with E-state index in [-0.39, 0.29) is 6.54 Å². The minimum Gasteiger partial charge on any atom is -0.444 e. The van der Waals surface area contributed by atoms with Gasteiger partial charge in [0.15, 0.2) is 0 Å². The fraction of sp³-hybridized carbons (Fsp3) is 0.900. The molecule has 1 aliphatic heterocycles. The van der Waals surface area contributed by atoms with Crippen molar-refractivity contribution in [3.8, 4) is 0 Å². The highest BCUT2D eigenvalue weighted by Gasteiger charge is 2.32. The van der Waals surface area contributed by atoms with Crippen molar-refractivity contribution in [3.63, 3.8) is 0 Å². The standard InChI is InChI=1S/C10H19NO3S/c1-9(2,3)14-8(12)11-6-10(13)4-5-15-7-10/h13H,4-7H2,1-3H3,(H,11,12)/t10-/m0/s1. The van der Waals surface area contributed by atoms with Gasteiger partial charge in [-0.25, -0.2) is 4.79 Å². The molecule has 5 heteroatoms. The van der Waals surface area contributed by atoms with Gasteiger partial charge in [0.2, 0.25) is 0 Å². The van der Waals surface area contributed by atoms with Crippen LogP contribution in [0.25, 0.3) is 0 Å². The van der Waals surface area contributed by atoms with Crippen LogP contribution in [0.1, 0.15) is 27.2 Å². The van der Waals surface area contributed by atoms with E-state index in [4.69, 9.17) is 4.74 Å². The maximum absolute atomic E-state index is 11.3. The average Bonchev–Trinajstić information content (AvgIpc) is 2.47. The highest BCUT2D eigenvalue weighted by atomic mass is 32.2. The smallest absolute Gasteiger partial charge is 0.407 e. The summed E-state index contributed by atoms with van der Waals surface area (Å²) in [5, 5.41) is 12.5. The quantitative estimate of drug-likeness (QED) is 0.756. The first-order chi connectivity index (χ1) is 6.81. The molecule has 88 valence electrons. The minimum atomic E-state index is -0.748. The van der Waals surface area contributed by atoms with Gasteiger partial charge in [-0.2, -0.15) is 11.8 Å². The van der Waals surface area contributed by atoms with E-state index in [1.807, 2.05) is 20.8 Å². The molecular weight excluding hydrogens is 214 g/mol. The van der Waals surface area contributed by atoms with Crippen molar-refractivity contribution in [3.05, 3.63) is 0 Å². The van der Waals surface area contributed by atoms with Gasteiger partial charge in [0.25, 0.3) is 0 Å². The topological polar surface area (TPSA) is 58.6 Å². The van der Waals surface area contributed by atoms with Crippen LogP contribution in [0.2, 0.25) is 0 Å². The van der Waals surface area contributed by atoms with Gasteiger partial charge in [0.05, 0.1) is 12.1 Å². The highest BCUT2D eigenvalue weighted by molar-refractivity contribution is 7.99. The molecule has 0 bridgehead atoms. The number of amides is 1. The lowest BCUT2D eigenvalue weighted by atomic mass is 10.0. The fourth-order valence-corrected chi connectivity index (χ4v) is 2.58. The van der Waals surface area contributed by atoms with E-state index in [1.54, 1.807) is 11.8 Å². The van der Waals surface area contributed by atoms with Crippen molar-refractivity contribution in [1.82, 2.24) is 5.32 Å². The number of nitrogens with one attached hydrogen (secondary N) is 1. The molecule has 1 rings (SSSR count). The van der Waals surface area contributed by atoms with E-state index in [0.29, 0.717) is 5.75 Å². The Hall–Kier alpha value is -0.420. The fourth-order valence-electron chi connectivity index (χ4n) is 1.29. The molecule has 1 saturated heterocycles. The predicted molar refractivity (Wildman–Crippen MR) is 61.1 cm³/mol. The second-order valence-electron chi connectivity index (χ2n) is 4.88. The summed E-state index contributed by atoms with van der Waals surface area (Å²) in [5.74, 6) is 1.63. The first-order valence-electron chi connectivity index (χ1n) is 5.08. The van der Waals surface area contributed by atoms with Crippen LogP contribution in [-0.4, -0.2) is 40.5 Å². The third kappa shape index (κ3) is 4.75. The van der Waals surface area contributed by atoms with E-state index in [0.717, 1.165) is 12.2 Å². The Bertz CT molecular complexity index is 231. The van der Waals surface area contributed by atoms with E-state index in [2.05, 4.69) is 5.32 Å². The zero-order chi connectivity index (χ0) is 11.5. The van der Waals surface area contributed by atoms with Gasteiger partial charge in [0.1, 0.15) is 5.60 Å². The van der Waals surface area contributed by atoms with Crippen LogP contribution in [0.3, 0.4) is 0 Å². The second-order valence-corrected chi connectivity index (χ2v) is 5.99. The van der Waals surface area contributed by atoms with Crippen LogP contribution in [0.4, 0.5) is 4.79 Å². The van der Waals surface area contributed by atoms with Crippen LogP contribution in [0.5, 0.6) is 0 Å². The average molecular weight is 233 g/mol. The Morgan fingerprint density at radius 3 is 2.73 bits per heavy atom. The Kier molecular flexibility index (Phi) is 3.89. The van der Waals surface area contributed by atoms with Gasteiger partial charge in [-0.3, -0.25) is 0 Å². The largest absolute Gasteiger partial charge is 0.444 e. The van der Waals surface area contributed by atoms with Crippen molar-refractivity contribution in [2.45, 2.75) is 38.4 Å². The number of carbonyl (C=O) groups is 1. The molecule has 1 amide bonds. The summed E-state index contributed by atoms with van der Waals surface area (Å²) in [6, 6.07) is 0. The summed E-state index contributed by atoms with van der Waals surface area (Å²) in [6.45, 7) is 5.71. The predicted octanol–water partition coefficient (Wildman–Crippen LogP) is 1.38. The number of carbonyl (C=O) groups excluding carboxylic acids is 1. The molecule has 0 aromatic heterocycles. The van der Waals surface area contributed by atoms with Crippen molar-refractivity contribution in [1.29, 1.82) is 0 Å². The number of rotatable bonds is 2. The molecule has 1 heterocycles. The van der Waals surface area contributed by atoms with Gasteiger partial charge in [-0.05, 0) is 32.9 Å². The highest BCUT2D eigenvalue weighted by Crippen LogP contribution is 2.26. The molecule has 0 radical (unpaired) electrons. The second kappa shape index (κ2) is 4.61. The Balaban J connectivity index is 2.28. The number of hydrogen-bond acceptors (Lipinski definition) is 4. The molecule has 4 nitrogen and oxygen atoms in total. The van der Waals surface area contributed by atoms with E-state index >= 15 is 0 Å². The number of hydrogen-bond donors (Lipinski definition) is 2. The number of thioether (sulfide) groups is 1. The third-order valence-electron chi connectivity index (χ3n) is 2.04. The molecule has 0 saturated carbocycles. The Morgan fingerprint density at radius 2 is 2.27 bits per heavy atom. The number of ether oxygens (including phenoxy) is 1. The van der Waals surface area contributed by atoms with Crippen molar-refractivity contribution in [2.75, 3.05) is 18.1 Å². The van der Waals surface area contributed by atoms with Crippen LogP contribution in [0.15, 0.2) is 0 Å². The van der Waals surface area contributed by atoms with Crippen molar-refractivity contribution < 1.29 is 14.6 Å². The number of alkyl carbamates (subject to hydrolysis) is 1. The third-order valence-corrected chi connectivity index (χ3v) is 3.28. The molecule has 0 unspecified atom stereocenters. The van der Waals surface area contributed by atoms with Gasteiger partial charge in [0, 0.05) is 5.75 Å². The SMILES string of the molecule is CC(C)(C)OC(=O)NC[C@@]1(O)CCSC1. The maximum Gasteiger partial charge on any atom is 0.407 e. The van der Waals surface area contributed by atoms with E-state index < -0.39 is 17.3 Å². The molecule has 1 aliphatic rings. The monoisotopic (exact) mass is 233 g/mol. The summed E-state index contributed by atoms with van der Waals surface area (Å²) in [5.41, 5.74) is -1.24. The normalized spacial score (nSPS) is 26.4. The van der Waals surface area contributed by atoms with Gasteiger partial charge >= 0.3 is 6.09 Å². The first kappa shape index (κ1) is 12.6. The van der Waals surface area contributed by atoms with E-state index in [1.165, 1.54) is 0 Å². The summed E-state index contributed by atoms with van der Waals surface area (Å²) < 4.78 is 5.07. The number of aliphatic hydroxyl groups is 1. The lowest BCUT2D eigenvalue weighted by Gasteiger charge is -2.24. The summed E-state index contributed by atoms with van der Waals surface area (Å²) >= 11 is 1.70. The van der Waals surface area contributed by atoms with Crippen LogP contribution in [-0.2, 0) is 4.74 Å². The molecule has 1 fully saturated rings. The van der Waals surface area contributed by atoms with Gasteiger partial charge in [-0.1, -0.05) is 0 Å². The maximum atomic E-state index is 11.3. The molecule has 1 atom stereocenters. The van der Waals surface area contributed by atoms with Gasteiger partial charge < -0.3 is 15.2 Å². The minimum absolute atomic E-state index is 0.273. The van der Waals surface area contributed by atoms with Crippen LogP contribution < -0.4 is 5.32 Å². The van der Waals surface area contributed by atoms with Crippen LogP contribution in [0, 0.1) is 0 Å². The summed E-state index contributed by atoms with van der Waals surface area (Å²) in [7, 11) is 0. The van der Waals surface area contributed by atoms with Crippen molar-refractivity contribution in [2.24, 2.45) is 0 Å². The lowest BCUT2D eigenvalue weighted by molar-refractivity contribution is 0.0361. The molecule has 0 aliphatic carbocycles. The van der Waals surface area contributed by atoms with Crippen molar-refractivity contribution >= 4 is 17.9 Å². The molecule has 0 spiro atoms. The molecule has 2 N–H and O–H groups in total. The Labute approximate surface area is 94.8 Å². The lowest BCUT2D eigenvalue weighted by Crippen LogP contribution is -2.44. The summed E-state index contributed by atoms with van der Waals surface area (Å²) in [4.78, 5) is 11.3. The summed E-state index contributed by atoms with van der Waals surface area (Å²) in [6.07, 6.45) is 0.265. The van der Waals surface area contributed by atoms with Crippen LogP contribution >= 0.6 is 11.8 Å². The zero-order valence-corrected chi connectivity index (χ0v) is 10.3. The zero-order valence-electron chi connectivity index (χ0n) is 9.50. The molecular formula is C10H19NO3S. The molecule has 0 aromatic carbocycles. The first-order valence-corrected chi connectivity index (χ1v) is 6.23. The molecule has 15 heavy (non-hydrogen) atoms.